The van der Waals surface area contributed by atoms with E-state index in [1.807, 2.05) is 0 Å². The summed E-state index contributed by atoms with van der Waals surface area (Å²) in [4.78, 5) is 29.9. The van der Waals surface area contributed by atoms with Gasteiger partial charge in [-0.05, 0) is 51.4 Å². The maximum absolute atomic E-state index is 12.6. The molecule has 0 bridgehead atoms. The quantitative estimate of drug-likeness (QED) is 0.261. The van der Waals surface area contributed by atoms with Gasteiger partial charge >= 0.3 is 17.7 Å². The van der Waals surface area contributed by atoms with Gasteiger partial charge in [0.25, 0.3) is 0 Å². The number of carbonyl (C=O) groups is 2. The number of nitrogens with zero attached hydrogens (tertiary/aromatic N) is 1. The fourth-order valence-corrected chi connectivity index (χ4v) is 4.14. The predicted molar refractivity (Wildman–Crippen MR) is 106 cm³/mol. The largest absolute Gasteiger partial charge is 0.458 e. The highest BCUT2D eigenvalue weighted by atomic mass is 16.9. The van der Waals surface area contributed by atoms with E-state index in [9.17, 15) is 14.8 Å². The van der Waals surface area contributed by atoms with E-state index >= 15 is 0 Å². The first-order valence-electron chi connectivity index (χ1n) is 10.7. The molecule has 166 valence electrons. The fraction of sp³-hybridized carbons (Fsp3) is 0.857. The molecule has 1 saturated carbocycles. The van der Waals surface area contributed by atoms with E-state index in [2.05, 4.69) is 20.8 Å². The smallest absolute Gasteiger partial charge is 0.405 e. The zero-order valence-corrected chi connectivity index (χ0v) is 18.4. The lowest BCUT2D eigenvalue weighted by Gasteiger charge is -2.38. The van der Waals surface area contributed by atoms with Gasteiger partial charge in [-0.25, -0.2) is 4.79 Å². The second-order valence-electron chi connectivity index (χ2n) is 8.69. The van der Waals surface area contributed by atoms with Crippen molar-refractivity contribution in [3.63, 3.8) is 0 Å². The van der Waals surface area contributed by atoms with E-state index < -0.39 is 30.3 Å². The number of ether oxygens (including phenoxy) is 3. The van der Waals surface area contributed by atoms with Crippen molar-refractivity contribution in [1.29, 1.82) is 0 Å². The Kier molecular flexibility index (Phi) is 8.31. The van der Waals surface area contributed by atoms with Crippen molar-refractivity contribution >= 4 is 17.7 Å². The van der Waals surface area contributed by atoms with Gasteiger partial charge in [0, 0.05) is 4.90 Å². The monoisotopic (exact) mass is 413 g/mol. The molecule has 2 fully saturated rings. The number of hydrogen-bond acceptors (Lipinski definition) is 7. The molecule has 8 nitrogen and oxygen atoms in total. The molecule has 0 N–H and O–H groups in total. The zero-order chi connectivity index (χ0) is 21.7. The highest BCUT2D eigenvalue weighted by molar-refractivity contribution is 6.35. The molecule has 2 rings (SSSR count). The predicted octanol–water partition coefficient (Wildman–Crippen LogP) is 3.21. The van der Waals surface area contributed by atoms with Crippen LogP contribution in [0.5, 0.6) is 0 Å². The molecule has 29 heavy (non-hydrogen) atoms. The van der Waals surface area contributed by atoms with E-state index in [0.29, 0.717) is 17.8 Å². The van der Waals surface area contributed by atoms with Crippen LogP contribution in [-0.4, -0.2) is 47.7 Å². The van der Waals surface area contributed by atoms with Crippen LogP contribution in [0, 0.1) is 28.9 Å². The molecule has 1 saturated heterocycles. The SMILES string of the molecule is CCOC(=O)/C([C@@H]1CC(=O)O[C@H]1OC1CC(C)CCC1C(C)C)=[N+](/[O-])OC(C)C. The highest BCUT2D eigenvalue weighted by Gasteiger charge is 2.50. The van der Waals surface area contributed by atoms with Crippen LogP contribution in [0.4, 0.5) is 0 Å². The first-order valence-corrected chi connectivity index (χ1v) is 10.7. The van der Waals surface area contributed by atoms with Crippen LogP contribution in [0.1, 0.15) is 67.2 Å². The molecule has 0 aromatic rings. The van der Waals surface area contributed by atoms with Crippen molar-refractivity contribution in [1.82, 2.24) is 0 Å². The molecule has 0 radical (unpaired) electrons. The first kappa shape index (κ1) is 23.4. The third-order valence-electron chi connectivity index (χ3n) is 5.57. The molecule has 0 spiro atoms. The minimum atomic E-state index is -1.01. The van der Waals surface area contributed by atoms with Gasteiger partial charge in [0.1, 0.15) is 5.92 Å². The van der Waals surface area contributed by atoms with Crippen LogP contribution in [0.3, 0.4) is 0 Å². The molecule has 5 atom stereocenters. The van der Waals surface area contributed by atoms with E-state index in [0.717, 1.165) is 19.3 Å². The zero-order valence-electron chi connectivity index (χ0n) is 18.4. The minimum Gasteiger partial charge on any atom is -0.458 e. The van der Waals surface area contributed by atoms with Crippen molar-refractivity contribution in [3.05, 3.63) is 5.21 Å². The van der Waals surface area contributed by atoms with Gasteiger partial charge < -0.3 is 19.0 Å². The average molecular weight is 414 g/mol. The molecule has 0 amide bonds. The Morgan fingerprint density at radius 2 is 1.97 bits per heavy atom. The van der Waals surface area contributed by atoms with Crippen LogP contribution in [0.25, 0.3) is 0 Å². The van der Waals surface area contributed by atoms with E-state index in [4.69, 9.17) is 19.0 Å². The van der Waals surface area contributed by atoms with Crippen LogP contribution in [-0.2, 0) is 28.6 Å². The number of esters is 2. The minimum absolute atomic E-state index is 0.0977. The molecule has 0 aromatic heterocycles. The molecule has 3 unspecified atom stereocenters. The lowest BCUT2D eigenvalue weighted by atomic mass is 9.75. The number of rotatable bonds is 8. The number of hydrogen-bond donors (Lipinski definition) is 0. The molecule has 8 heteroatoms. The first-order chi connectivity index (χ1) is 13.6. The Hall–Kier alpha value is -1.83. The van der Waals surface area contributed by atoms with Gasteiger partial charge in [0.05, 0.1) is 25.2 Å². The Labute approximate surface area is 173 Å². The Balaban J connectivity index is 2.30. The third-order valence-corrected chi connectivity index (χ3v) is 5.57. The second kappa shape index (κ2) is 10.3. The topological polar surface area (TPSA) is 97.1 Å². The Bertz CT molecular complexity index is 616. The Morgan fingerprint density at radius 3 is 2.55 bits per heavy atom. The molecule has 1 aliphatic heterocycles. The third kappa shape index (κ3) is 6.07. The normalized spacial score (nSPS) is 30.9. The molecule has 1 heterocycles. The van der Waals surface area contributed by atoms with Gasteiger partial charge in [-0.2, -0.15) is 0 Å². The fourth-order valence-electron chi connectivity index (χ4n) is 4.14. The van der Waals surface area contributed by atoms with Crippen LogP contribution >= 0.6 is 0 Å². The summed E-state index contributed by atoms with van der Waals surface area (Å²) < 4.78 is 16.7. The standard InChI is InChI=1S/C21H35NO7/c1-7-26-20(24)19(22(25)29-13(4)5)16-11-18(23)28-21(16)27-17-10-14(6)8-9-15(17)12(2)3/h12-17,21H,7-11H2,1-6H3/b22-19-/t14?,15?,16-,17?,21+/m0/s1. The lowest BCUT2D eigenvalue weighted by molar-refractivity contribution is -0.751. The molecule has 1 aliphatic carbocycles. The van der Waals surface area contributed by atoms with Crippen LogP contribution < -0.4 is 0 Å². The second-order valence-corrected chi connectivity index (χ2v) is 8.69. The average Bonchev–Trinajstić information content (AvgIpc) is 2.94. The maximum atomic E-state index is 12.6. The van der Waals surface area contributed by atoms with Crippen molar-refractivity contribution in [2.24, 2.45) is 23.7 Å². The van der Waals surface area contributed by atoms with Gasteiger partial charge in [0.2, 0.25) is 6.29 Å². The molecular formula is C21H35NO7. The van der Waals surface area contributed by atoms with Crippen LogP contribution in [0.15, 0.2) is 0 Å². The van der Waals surface area contributed by atoms with Crippen LogP contribution in [0.2, 0.25) is 0 Å². The molecule has 2 aliphatic rings. The summed E-state index contributed by atoms with van der Waals surface area (Å²) in [6, 6.07) is 0. The van der Waals surface area contributed by atoms with Crippen molar-refractivity contribution < 1.29 is 33.5 Å². The highest BCUT2D eigenvalue weighted by Crippen LogP contribution is 2.38. The summed E-state index contributed by atoms with van der Waals surface area (Å²) in [5, 5.41) is 12.6. The Morgan fingerprint density at radius 1 is 1.28 bits per heavy atom. The summed E-state index contributed by atoms with van der Waals surface area (Å²) in [7, 11) is 0. The van der Waals surface area contributed by atoms with Gasteiger partial charge in [-0.3, -0.25) is 10.0 Å². The summed E-state index contributed by atoms with van der Waals surface area (Å²) in [5.41, 5.74) is -0.290. The van der Waals surface area contributed by atoms with Gasteiger partial charge in [-0.15, -0.1) is 0 Å². The summed E-state index contributed by atoms with van der Waals surface area (Å²) in [5.74, 6) is -0.964. The van der Waals surface area contributed by atoms with E-state index in [1.165, 1.54) is 0 Å². The summed E-state index contributed by atoms with van der Waals surface area (Å²) in [6.45, 7) is 11.6. The molecular weight excluding hydrogens is 378 g/mol. The number of carbonyl (C=O) groups excluding carboxylic acids is 2. The number of cyclic esters (lactones) is 1. The lowest BCUT2D eigenvalue weighted by Crippen LogP contribution is -2.43. The summed E-state index contributed by atoms with van der Waals surface area (Å²) >= 11 is 0. The van der Waals surface area contributed by atoms with Crippen molar-refractivity contribution in [2.75, 3.05) is 6.61 Å². The molecule has 0 aromatic carbocycles. The van der Waals surface area contributed by atoms with Gasteiger partial charge in [0.15, 0.2) is 0 Å². The van der Waals surface area contributed by atoms with E-state index in [-0.39, 0.29) is 29.7 Å². The van der Waals surface area contributed by atoms with E-state index in [1.54, 1.807) is 20.8 Å². The van der Waals surface area contributed by atoms with Crippen molar-refractivity contribution in [3.8, 4) is 0 Å². The van der Waals surface area contributed by atoms with Gasteiger partial charge in [-0.1, -0.05) is 27.2 Å². The van der Waals surface area contributed by atoms with Crippen molar-refractivity contribution in [2.45, 2.75) is 85.7 Å². The maximum Gasteiger partial charge on any atom is 0.405 e. The summed E-state index contributed by atoms with van der Waals surface area (Å²) in [6.07, 6.45) is 1.33.